The second kappa shape index (κ2) is 7.88. The van der Waals surface area contributed by atoms with Crippen LogP contribution in [0.4, 0.5) is 0 Å². The lowest BCUT2D eigenvalue weighted by Crippen LogP contribution is -2.38. The summed E-state index contributed by atoms with van der Waals surface area (Å²) in [4.78, 5) is 4.38. The molecule has 3 nitrogen and oxygen atoms in total. The molecule has 2 heterocycles. The molecule has 4 heteroatoms. The molecule has 33 heavy (non-hydrogen) atoms. The smallest absolute Gasteiger partial charge is 0.138 e. The largest absolute Gasteiger partial charge is 0.244 e. The summed E-state index contributed by atoms with van der Waals surface area (Å²) in [5, 5.41) is 6.67. The zero-order valence-corrected chi connectivity index (χ0v) is 18.5. The zero-order valence-electron chi connectivity index (χ0n) is 17.8. The van der Waals surface area contributed by atoms with Crippen molar-refractivity contribution in [3.8, 4) is 0 Å². The summed E-state index contributed by atoms with van der Waals surface area (Å²) in [7, 11) is 0. The summed E-state index contributed by atoms with van der Waals surface area (Å²) >= 11 is 6.43. The molecular weight excluding hydrogens is 426 g/mol. The Bertz CT molecular complexity index is 1400. The number of hydrogen-bond acceptors (Lipinski definition) is 2. The van der Waals surface area contributed by atoms with Crippen molar-refractivity contribution in [3.05, 3.63) is 149 Å². The number of aromatic nitrogens is 3. The van der Waals surface area contributed by atoms with Gasteiger partial charge in [0, 0.05) is 23.2 Å². The number of fused-ring (bicyclic) bond motifs is 1. The van der Waals surface area contributed by atoms with Gasteiger partial charge in [-0.05, 0) is 16.7 Å². The summed E-state index contributed by atoms with van der Waals surface area (Å²) < 4.78 is 2.12. The third kappa shape index (κ3) is 3.05. The van der Waals surface area contributed by atoms with Gasteiger partial charge in [0.1, 0.15) is 16.4 Å². The number of halogens is 1. The highest BCUT2D eigenvalue weighted by molar-refractivity contribution is 6.30. The number of allylic oxidation sites excluding steroid dienone is 4. The van der Waals surface area contributed by atoms with Crippen LogP contribution in [-0.4, -0.2) is 14.8 Å². The molecule has 3 aromatic carbocycles. The highest BCUT2D eigenvalue weighted by Crippen LogP contribution is 2.43. The van der Waals surface area contributed by atoms with Crippen LogP contribution in [0.15, 0.2) is 121 Å². The SMILES string of the molecule is Clc1cc2c(cn1)c(C1=CC=C1)nn2C(c1ccccc1)(c1ccccc1)c1ccccc1. The molecule has 0 amide bonds. The van der Waals surface area contributed by atoms with E-state index in [-0.39, 0.29) is 0 Å². The molecule has 6 rings (SSSR count). The average Bonchev–Trinajstić information content (AvgIpc) is 3.19. The molecule has 1 aliphatic carbocycles. The van der Waals surface area contributed by atoms with Gasteiger partial charge in [0.05, 0.1) is 5.52 Å². The molecule has 0 saturated heterocycles. The van der Waals surface area contributed by atoms with Crippen LogP contribution in [0.5, 0.6) is 0 Å². The average molecular weight is 446 g/mol. The Morgan fingerprint density at radius 3 is 1.70 bits per heavy atom. The minimum Gasteiger partial charge on any atom is -0.244 e. The fourth-order valence-corrected chi connectivity index (χ4v) is 4.86. The van der Waals surface area contributed by atoms with E-state index in [9.17, 15) is 0 Å². The number of hydrogen-bond donors (Lipinski definition) is 0. The van der Waals surface area contributed by atoms with E-state index in [2.05, 4.69) is 94.6 Å². The second-order valence-corrected chi connectivity index (χ2v) is 8.46. The lowest BCUT2D eigenvalue weighted by molar-refractivity contribution is 0.475. The van der Waals surface area contributed by atoms with Gasteiger partial charge >= 0.3 is 0 Å². The molecule has 0 fully saturated rings. The van der Waals surface area contributed by atoms with Crippen LogP contribution in [0, 0.1) is 0 Å². The summed E-state index contributed by atoms with van der Waals surface area (Å²) in [6.45, 7) is 0. The predicted molar refractivity (Wildman–Crippen MR) is 134 cm³/mol. The quantitative estimate of drug-likeness (QED) is 0.218. The maximum absolute atomic E-state index is 6.43. The van der Waals surface area contributed by atoms with Gasteiger partial charge in [-0.25, -0.2) is 9.67 Å². The van der Waals surface area contributed by atoms with Gasteiger partial charge in [-0.3, -0.25) is 0 Å². The molecular formula is C29H20ClN3. The van der Waals surface area contributed by atoms with Crippen molar-refractivity contribution < 1.29 is 0 Å². The Labute approximate surface area is 197 Å². The van der Waals surface area contributed by atoms with Crippen LogP contribution < -0.4 is 0 Å². The minimum absolute atomic E-state index is 0.441. The number of pyridine rings is 1. The highest BCUT2D eigenvalue weighted by atomic mass is 35.5. The van der Waals surface area contributed by atoms with Crippen LogP contribution in [0.3, 0.4) is 0 Å². The second-order valence-electron chi connectivity index (χ2n) is 8.07. The summed E-state index contributed by atoms with van der Waals surface area (Å²) in [6, 6.07) is 33.5. The molecule has 1 aliphatic rings. The van der Waals surface area contributed by atoms with Crippen molar-refractivity contribution in [2.24, 2.45) is 0 Å². The molecule has 0 radical (unpaired) electrons. The van der Waals surface area contributed by atoms with Crippen molar-refractivity contribution in [2.45, 2.75) is 5.54 Å². The molecule has 0 spiro atoms. The van der Waals surface area contributed by atoms with Crippen molar-refractivity contribution in [1.29, 1.82) is 0 Å². The number of rotatable bonds is 5. The normalized spacial score (nSPS) is 13.1. The van der Waals surface area contributed by atoms with E-state index in [0.29, 0.717) is 5.15 Å². The Kier molecular flexibility index (Phi) is 4.70. The summed E-state index contributed by atoms with van der Waals surface area (Å²) in [5.74, 6) is 0. The third-order valence-corrected chi connectivity index (χ3v) is 6.46. The first-order chi connectivity index (χ1) is 16.3. The molecule has 2 aromatic heterocycles. The van der Waals surface area contributed by atoms with Crippen molar-refractivity contribution in [1.82, 2.24) is 14.8 Å². The maximum atomic E-state index is 6.43. The van der Waals surface area contributed by atoms with E-state index in [0.717, 1.165) is 38.9 Å². The number of benzene rings is 3. The first kappa shape index (κ1) is 19.7. The van der Waals surface area contributed by atoms with E-state index in [1.165, 1.54) is 0 Å². The first-order valence-corrected chi connectivity index (χ1v) is 11.3. The Balaban J connectivity index is 1.80. The van der Waals surface area contributed by atoms with Gasteiger partial charge in [0.2, 0.25) is 0 Å². The third-order valence-electron chi connectivity index (χ3n) is 6.25. The van der Waals surface area contributed by atoms with Gasteiger partial charge < -0.3 is 0 Å². The van der Waals surface area contributed by atoms with E-state index in [1.807, 2.05) is 36.5 Å². The van der Waals surface area contributed by atoms with Crippen LogP contribution >= 0.6 is 11.6 Å². The monoisotopic (exact) mass is 445 g/mol. The van der Waals surface area contributed by atoms with E-state index in [4.69, 9.17) is 16.7 Å². The van der Waals surface area contributed by atoms with Gasteiger partial charge in [-0.1, -0.05) is 121 Å². The molecule has 0 bridgehead atoms. The predicted octanol–water partition coefficient (Wildman–Crippen LogP) is 6.88. The lowest BCUT2D eigenvalue weighted by Gasteiger charge is -2.37. The van der Waals surface area contributed by atoms with Gasteiger partial charge in [-0.2, -0.15) is 5.10 Å². The van der Waals surface area contributed by atoms with E-state index in [1.54, 1.807) is 0 Å². The van der Waals surface area contributed by atoms with E-state index >= 15 is 0 Å². The standard InChI is InChI=1S/C29H20ClN3/c30-27-19-26-25(20-31-27)28(21-11-10-12-21)32-33(26)29(22-13-4-1-5-14-22,23-15-6-2-7-16-23)24-17-8-3-9-18-24/h1-20H. The van der Waals surface area contributed by atoms with Crippen molar-refractivity contribution in [2.75, 3.05) is 0 Å². The van der Waals surface area contributed by atoms with Gasteiger partial charge in [0.25, 0.3) is 0 Å². The Hall–Kier alpha value is -3.95. The molecule has 0 unspecified atom stereocenters. The summed E-state index contributed by atoms with van der Waals surface area (Å²) in [6.07, 6.45) is 8.02. The Morgan fingerprint density at radius 2 is 1.24 bits per heavy atom. The maximum Gasteiger partial charge on any atom is 0.138 e. The van der Waals surface area contributed by atoms with Crippen molar-refractivity contribution >= 4 is 28.1 Å². The lowest BCUT2D eigenvalue weighted by atomic mass is 9.77. The van der Waals surface area contributed by atoms with Gasteiger partial charge in [-0.15, -0.1) is 0 Å². The molecule has 5 aromatic rings. The number of nitrogens with zero attached hydrogens (tertiary/aromatic N) is 3. The molecule has 0 aliphatic heterocycles. The Morgan fingerprint density at radius 1 is 0.727 bits per heavy atom. The van der Waals surface area contributed by atoms with Gasteiger partial charge in [0.15, 0.2) is 0 Å². The first-order valence-electron chi connectivity index (χ1n) is 10.9. The fraction of sp³-hybridized carbons (Fsp3) is 0.0345. The molecule has 0 atom stereocenters. The summed E-state index contributed by atoms with van der Waals surface area (Å²) in [5.41, 5.74) is 5.56. The highest BCUT2D eigenvalue weighted by Gasteiger charge is 2.41. The fourth-order valence-electron chi connectivity index (χ4n) is 4.71. The zero-order chi connectivity index (χ0) is 22.3. The van der Waals surface area contributed by atoms with Crippen molar-refractivity contribution in [3.63, 3.8) is 0 Å². The molecule has 158 valence electrons. The minimum atomic E-state index is -0.709. The van der Waals surface area contributed by atoms with E-state index < -0.39 is 5.54 Å². The molecule has 0 N–H and O–H groups in total. The van der Waals surface area contributed by atoms with Crippen LogP contribution in [0.1, 0.15) is 22.4 Å². The van der Waals surface area contributed by atoms with Crippen LogP contribution in [-0.2, 0) is 5.54 Å². The topological polar surface area (TPSA) is 30.7 Å². The molecule has 0 saturated carbocycles. The van der Waals surface area contributed by atoms with Crippen LogP contribution in [0.2, 0.25) is 5.15 Å². The van der Waals surface area contributed by atoms with Crippen LogP contribution in [0.25, 0.3) is 16.5 Å².